The molecule has 1 unspecified atom stereocenters. The highest BCUT2D eigenvalue weighted by atomic mass is 16.3. The molecule has 0 aliphatic carbocycles. The number of aromatic amines is 2. The number of aliphatic hydroxyl groups is 1. The zero-order valence-electron chi connectivity index (χ0n) is 11.3. The number of nitrogens with one attached hydrogen (secondary N) is 2. The third-order valence-corrected chi connectivity index (χ3v) is 3.13. The van der Waals surface area contributed by atoms with E-state index in [2.05, 4.69) is 37.5 Å². The SMILES string of the molecule is OC(C=Cc1[nH]ncc1Cc1ccccc1)c1nc[nH]n1. The Morgan fingerprint density at radius 2 is 2.10 bits per heavy atom. The molecule has 106 valence electrons. The van der Waals surface area contributed by atoms with Crippen LogP contribution in [0.2, 0.25) is 0 Å². The van der Waals surface area contributed by atoms with Crippen LogP contribution in [0.15, 0.2) is 48.9 Å². The van der Waals surface area contributed by atoms with Crippen molar-refractivity contribution in [3.05, 3.63) is 71.6 Å². The van der Waals surface area contributed by atoms with Gasteiger partial charge >= 0.3 is 0 Å². The van der Waals surface area contributed by atoms with Crippen LogP contribution >= 0.6 is 0 Å². The average molecular weight is 281 g/mol. The standard InChI is InChI=1S/C15H15N5O/c21-14(15-16-10-18-20-15)7-6-13-12(9-17-19-13)8-11-4-2-1-3-5-11/h1-7,9-10,14,21H,8H2,(H,17,19)(H,16,18,20). The second-order valence-corrected chi connectivity index (χ2v) is 4.63. The maximum Gasteiger partial charge on any atom is 0.182 e. The molecule has 21 heavy (non-hydrogen) atoms. The fraction of sp³-hybridized carbons (Fsp3) is 0.133. The highest BCUT2D eigenvalue weighted by Crippen LogP contribution is 2.15. The van der Waals surface area contributed by atoms with E-state index in [-0.39, 0.29) is 0 Å². The van der Waals surface area contributed by atoms with Gasteiger partial charge in [0.25, 0.3) is 0 Å². The van der Waals surface area contributed by atoms with Gasteiger partial charge in [0.2, 0.25) is 0 Å². The molecule has 0 bridgehead atoms. The van der Waals surface area contributed by atoms with E-state index in [1.54, 1.807) is 18.3 Å². The topological polar surface area (TPSA) is 90.5 Å². The molecular formula is C15H15N5O. The molecule has 3 rings (SSSR count). The van der Waals surface area contributed by atoms with Crippen molar-refractivity contribution in [2.75, 3.05) is 0 Å². The lowest BCUT2D eigenvalue weighted by Crippen LogP contribution is -1.96. The van der Waals surface area contributed by atoms with Crippen molar-refractivity contribution < 1.29 is 5.11 Å². The number of aromatic nitrogens is 5. The first kappa shape index (κ1) is 13.3. The lowest BCUT2D eigenvalue weighted by Gasteiger charge is -2.01. The molecule has 0 saturated carbocycles. The molecule has 0 aliphatic heterocycles. The molecule has 1 atom stereocenters. The van der Waals surface area contributed by atoms with Gasteiger partial charge in [-0.15, -0.1) is 0 Å². The van der Waals surface area contributed by atoms with Crippen molar-refractivity contribution in [1.82, 2.24) is 25.4 Å². The summed E-state index contributed by atoms with van der Waals surface area (Å²) >= 11 is 0. The van der Waals surface area contributed by atoms with Gasteiger partial charge in [-0.2, -0.15) is 10.2 Å². The van der Waals surface area contributed by atoms with Crippen molar-refractivity contribution >= 4 is 6.08 Å². The Labute approximate surface area is 121 Å². The van der Waals surface area contributed by atoms with Crippen molar-refractivity contribution in [3.8, 4) is 0 Å². The summed E-state index contributed by atoms with van der Waals surface area (Å²) < 4.78 is 0. The Kier molecular flexibility index (Phi) is 3.88. The van der Waals surface area contributed by atoms with Crippen LogP contribution in [0.25, 0.3) is 6.08 Å². The molecule has 2 heterocycles. The number of rotatable bonds is 5. The Bertz CT molecular complexity index is 703. The number of hydrogen-bond donors (Lipinski definition) is 3. The minimum absolute atomic E-state index is 0.343. The Morgan fingerprint density at radius 3 is 2.86 bits per heavy atom. The highest BCUT2D eigenvalue weighted by molar-refractivity contribution is 5.50. The molecule has 0 spiro atoms. The smallest absolute Gasteiger partial charge is 0.182 e. The first-order chi connectivity index (χ1) is 10.3. The van der Waals surface area contributed by atoms with Crippen molar-refractivity contribution in [3.63, 3.8) is 0 Å². The van der Waals surface area contributed by atoms with Crippen molar-refractivity contribution in [1.29, 1.82) is 0 Å². The van der Waals surface area contributed by atoms with Crippen LogP contribution < -0.4 is 0 Å². The highest BCUT2D eigenvalue weighted by Gasteiger charge is 2.08. The third-order valence-electron chi connectivity index (χ3n) is 3.13. The predicted octanol–water partition coefficient (Wildman–Crippen LogP) is 1.87. The van der Waals surface area contributed by atoms with Gasteiger partial charge in [-0.1, -0.05) is 30.3 Å². The summed E-state index contributed by atoms with van der Waals surface area (Å²) in [6.45, 7) is 0. The second-order valence-electron chi connectivity index (χ2n) is 4.63. The number of nitrogens with zero attached hydrogens (tertiary/aromatic N) is 3. The average Bonchev–Trinajstić information content (AvgIpc) is 3.18. The van der Waals surface area contributed by atoms with Gasteiger partial charge in [-0.25, -0.2) is 4.98 Å². The van der Waals surface area contributed by atoms with E-state index in [4.69, 9.17) is 0 Å². The summed E-state index contributed by atoms with van der Waals surface area (Å²) in [5, 5.41) is 23.3. The fourth-order valence-electron chi connectivity index (χ4n) is 2.06. The van der Waals surface area contributed by atoms with Gasteiger partial charge in [-0.05, 0) is 17.7 Å². The van der Waals surface area contributed by atoms with E-state index in [1.165, 1.54) is 11.9 Å². The van der Waals surface area contributed by atoms with E-state index in [1.807, 2.05) is 18.2 Å². The van der Waals surface area contributed by atoms with Crippen LogP contribution in [0.3, 0.4) is 0 Å². The van der Waals surface area contributed by atoms with Crippen LogP contribution in [0.1, 0.15) is 28.7 Å². The molecule has 1 aromatic carbocycles. The number of benzene rings is 1. The molecule has 0 saturated heterocycles. The van der Waals surface area contributed by atoms with Gasteiger partial charge in [0.1, 0.15) is 12.4 Å². The molecule has 3 aromatic rings. The van der Waals surface area contributed by atoms with Crippen molar-refractivity contribution in [2.45, 2.75) is 12.5 Å². The number of hydrogen-bond acceptors (Lipinski definition) is 4. The first-order valence-corrected chi connectivity index (χ1v) is 6.61. The van der Waals surface area contributed by atoms with Gasteiger partial charge in [-0.3, -0.25) is 10.2 Å². The molecule has 0 aliphatic rings. The number of aliphatic hydroxyl groups excluding tert-OH is 1. The third kappa shape index (κ3) is 3.24. The zero-order valence-corrected chi connectivity index (χ0v) is 11.3. The molecule has 6 heteroatoms. The van der Waals surface area contributed by atoms with E-state index < -0.39 is 6.10 Å². The second kappa shape index (κ2) is 6.15. The van der Waals surface area contributed by atoms with Gasteiger partial charge in [0.15, 0.2) is 5.82 Å². The molecular weight excluding hydrogens is 266 g/mol. The summed E-state index contributed by atoms with van der Waals surface area (Å²) in [5.41, 5.74) is 3.15. The minimum Gasteiger partial charge on any atom is -0.381 e. The van der Waals surface area contributed by atoms with Crippen LogP contribution in [0.4, 0.5) is 0 Å². The van der Waals surface area contributed by atoms with E-state index in [0.717, 1.165) is 17.7 Å². The van der Waals surface area contributed by atoms with Crippen LogP contribution in [-0.4, -0.2) is 30.5 Å². The molecule has 0 amide bonds. The van der Waals surface area contributed by atoms with Crippen LogP contribution in [0, 0.1) is 0 Å². The summed E-state index contributed by atoms with van der Waals surface area (Å²) in [5.74, 6) is 0.343. The Morgan fingerprint density at radius 1 is 1.24 bits per heavy atom. The van der Waals surface area contributed by atoms with E-state index in [9.17, 15) is 5.11 Å². The van der Waals surface area contributed by atoms with Gasteiger partial charge < -0.3 is 5.11 Å². The molecule has 2 aromatic heterocycles. The zero-order chi connectivity index (χ0) is 14.5. The fourth-order valence-corrected chi connectivity index (χ4v) is 2.06. The number of H-pyrrole nitrogens is 2. The lowest BCUT2D eigenvalue weighted by molar-refractivity contribution is 0.219. The summed E-state index contributed by atoms with van der Waals surface area (Å²) in [4.78, 5) is 3.91. The predicted molar refractivity (Wildman–Crippen MR) is 78.2 cm³/mol. The van der Waals surface area contributed by atoms with Crippen LogP contribution in [-0.2, 0) is 6.42 Å². The molecule has 0 fully saturated rings. The molecule has 3 N–H and O–H groups in total. The monoisotopic (exact) mass is 281 g/mol. The van der Waals surface area contributed by atoms with Crippen molar-refractivity contribution in [2.24, 2.45) is 0 Å². The van der Waals surface area contributed by atoms with Gasteiger partial charge in [0.05, 0.1) is 11.9 Å². The molecule has 6 nitrogen and oxygen atoms in total. The van der Waals surface area contributed by atoms with E-state index in [0.29, 0.717) is 5.82 Å². The first-order valence-electron chi connectivity index (χ1n) is 6.61. The van der Waals surface area contributed by atoms with E-state index >= 15 is 0 Å². The quantitative estimate of drug-likeness (QED) is 0.666. The normalized spacial score (nSPS) is 12.8. The summed E-state index contributed by atoms with van der Waals surface area (Å²) in [6.07, 6.45) is 6.60. The lowest BCUT2D eigenvalue weighted by atomic mass is 10.1. The van der Waals surface area contributed by atoms with Gasteiger partial charge in [0, 0.05) is 12.0 Å². The van der Waals surface area contributed by atoms with Crippen LogP contribution in [0.5, 0.6) is 0 Å². The Hall–Kier alpha value is -2.73. The Balaban J connectivity index is 1.73. The largest absolute Gasteiger partial charge is 0.381 e. The summed E-state index contributed by atoms with van der Waals surface area (Å²) in [6, 6.07) is 10.2. The summed E-state index contributed by atoms with van der Waals surface area (Å²) in [7, 11) is 0. The minimum atomic E-state index is -0.843. The maximum absolute atomic E-state index is 9.92. The maximum atomic E-state index is 9.92. The molecule has 0 radical (unpaired) electrons.